The van der Waals surface area contributed by atoms with Crippen molar-refractivity contribution in [2.24, 2.45) is 5.73 Å². The Hall–Kier alpha value is -1.13. The molecule has 5 heteroatoms. The zero-order chi connectivity index (χ0) is 12.0. The number of amides is 1. The first kappa shape index (κ1) is 15.9. The van der Waals surface area contributed by atoms with E-state index in [1.54, 1.807) is 13.0 Å². The molecule has 0 bridgehead atoms. The van der Waals surface area contributed by atoms with Gasteiger partial charge in [-0.1, -0.05) is 12.1 Å². The lowest BCUT2D eigenvalue weighted by Crippen LogP contribution is -2.31. The molecule has 0 fully saturated rings. The number of nitrogens with one attached hydrogen (secondary N) is 1. The van der Waals surface area contributed by atoms with E-state index in [0.29, 0.717) is 19.4 Å². The van der Waals surface area contributed by atoms with Crippen LogP contribution in [0, 0.1) is 5.82 Å². The molecular formula is C12H18ClFN2O. The van der Waals surface area contributed by atoms with Gasteiger partial charge in [0.15, 0.2) is 0 Å². The van der Waals surface area contributed by atoms with Crippen molar-refractivity contribution in [2.45, 2.75) is 25.8 Å². The molecule has 0 radical (unpaired) electrons. The molecule has 0 heterocycles. The number of rotatable bonds is 5. The van der Waals surface area contributed by atoms with Crippen molar-refractivity contribution < 1.29 is 9.18 Å². The molecule has 1 atom stereocenters. The summed E-state index contributed by atoms with van der Waals surface area (Å²) in [4.78, 5) is 11.2. The summed E-state index contributed by atoms with van der Waals surface area (Å²) >= 11 is 0. The third kappa shape index (κ3) is 6.92. The van der Waals surface area contributed by atoms with E-state index in [2.05, 4.69) is 5.32 Å². The Morgan fingerprint density at radius 2 is 2.24 bits per heavy atom. The van der Waals surface area contributed by atoms with Crippen molar-refractivity contribution in [1.29, 1.82) is 0 Å². The predicted molar refractivity (Wildman–Crippen MR) is 68.6 cm³/mol. The molecule has 0 spiro atoms. The van der Waals surface area contributed by atoms with Crippen LogP contribution in [0.5, 0.6) is 0 Å². The van der Waals surface area contributed by atoms with Gasteiger partial charge in [0.2, 0.25) is 5.91 Å². The molecule has 17 heavy (non-hydrogen) atoms. The molecule has 0 aliphatic carbocycles. The van der Waals surface area contributed by atoms with Crippen molar-refractivity contribution in [3.63, 3.8) is 0 Å². The lowest BCUT2D eigenvalue weighted by molar-refractivity contribution is -0.121. The van der Waals surface area contributed by atoms with E-state index in [9.17, 15) is 9.18 Å². The molecule has 0 aliphatic heterocycles. The minimum absolute atomic E-state index is 0. The first-order chi connectivity index (χ1) is 7.58. The maximum atomic E-state index is 12.8. The Morgan fingerprint density at radius 3 is 2.82 bits per heavy atom. The minimum Gasteiger partial charge on any atom is -0.356 e. The Morgan fingerprint density at radius 1 is 1.53 bits per heavy atom. The highest BCUT2D eigenvalue weighted by molar-refractivity contribution is 5.85. The third-order valence-corrected chi connectivity index (χ3v) is 2.13. The zero-order valence-electron chi connectivity index (χ0n) is 9.78. The van der Waals surface area contributed by atoms with Gasteiger partial charge in [0, 0.05) is 19.0 Å². The van der Waals surface area contributed by atoms with Crippen LogP contribution in [-0.2, 0) is 11.2 Å². The van der Waals surface area contributed by atoms with Crippen LogP contribution in [-0.4, -0.2) is 18.5 Å². The summed E-state index contributed by atoms with van der Waals surface area (Å²) in [6.07, 6.45) is 0.950. The summed E-state index contributed by atoms with van der Waals surface area (Å²) < 4.78 is 12.8. The summed E-state index contributed by atoms with van der Waals surface area (Å²) in [5, 5.41) is 2.74. The number of hydrogen-bond donors (Lipinski definition) is 2. The standard InChI is InChI=1S/C12H17FN2O.ClH/c1-9(14)7-12(16)15-6-5-10-3-2-4-11(13)8-10;/h2-4,8-9H,5-7,14H2,1H3,(H,15,16);1H. The predicted octanol–water partition coefficient (Wildman–Crippen LogP) is 1.64. The van der Waals surface area contributed by atoms with E-state index in [4.69, 9.17) is 5.73 Å². The Balaban J connectivity index is 0.00000256. The molecule has 96 valence electrons. The van der Waals surface area contributed by atoms with E-state index in [1.165, 1.54) is 12.1 Å². The van der Waals surface area contributed by atoms with Gasteiger partial charge >= 0.3 is 0 Å². The lowest BCUT2D eigenvalue weighted by Gasteiger charge is -2.07. The van der Waals surface area contributed by atoms with Crippen molar-refractivity contribution in [1.82, 2.24) is 5.32 Å². The summed E-state index contributed by atoms with van der Waals surface area (Å²) in [6, 6.07) is 6.24. The topological polar surface area (TPSA) is 55.1 Å². The van der Waals surface area contributed by atoms with Gasteiger partial charge in [0.05, 0.1) is 0 Å². The number of carbonyl (C=O) groups excluding carboxylic acids is 1. The van der Waals surface area contributed by atoms with Crippen LogP contribution in [0.2, 0.25) is 0 Å². The fourth-order valence-corrected chi connectivity index (χ4v) is 1.40. The maximum Gasteiger partial charge on any atom is 0.221 e. The molecular weight excluding hydrogens is 243 g/mol. The molecule has 1 aromatic carbocycles. The monoisotopic (exact) mass is 260 g/mol. The summed E-state index contributed by atoms with van der Waals surface area (Å²) in [6.45, 7) is 2.29. The summed E-state index contributed by atoms with van der Waals surface area (Å²) in [5.74, 6) is -0.314. The Bertz CT molecular complexity index is 358. The molecule has 0 saturated heterocycles. The van der Waals surface area contributed by atoms with Gasteiger partial charge in [-0.05, 0) is 31.0 Å². The SMILES string of the molecule is CC(N)CC(=O)NCCc1cccc(F)c1.Cl. The minimum atomic E-state index is -0.251. The third-order valence-electron chi connectivity index (χ3n) is 2.13. The van der Waals surface area contributed by atoms with Crippen molar-refractivity contribution in [2.75, 3.05) is 6.54 Å². The number of carbonyl (C=O) groups is 1. The van der Waals surface area contributed by atoms with Crippen LogP contribution < -0.4 is 11.1 Å². The van der Waals surface area contributed by atoms with Crippen LogP contribution in [0.25, 0.3) is 0 Å². The highest BCUT2D eigenvalue weighted by Crippen LogP contribution is 2.03. The normalized spacial score (nSPS) is 11.5. The van der Waals surface area contributed by atoms with E-state index < -0.39 is 0 Å². The average Bonchev–Trinajstić information content (AvgIpc) is 2.16. The zero-order valence-corrected chi connectivity index (χ0v) is 10.6. The number of nitrogens with two attached hydrogens (primary N) is 1. The fraction of sp³-hybridized carbons (Fsp3) is 0.417. The second kappa shape index (κ2) is 8.03. The van der Waals surface area contributed by atoms with Gasteiger partial charge in [-0.3, -0.25) is 4.79 Å². The molecule has 3 N–H and O–H groups in total. The molecule has 3 nitrogen and oxygen atoms in total. The smallest absolute Gasteiger partial charge is 0.221 e. The first-order valence-electron chi connectivity index (χ1n) is 5.34. The Kier molecular flexibility index (Phi) is 7.50. The lowest BCUT2D eigenvalue weighted by atomic mass is 10.1. The summed E-state index contributed by atoms with van der Waals surface area (Å²) in [5.41, 5.74) is 6.36. The van der Waals surface area contributed by atoms with Crippen LogP contribution in [0.4, 0.5) is 4.39 Å². The average molecular weight is 261 g/mol. The van der Waals surface area contributed by atoms with Gasteiger partial charge < -0.3 is 11.1 Å². The van der Waals surface area contributed by atoms with Crippen molar-refractivity contribution in [3.05, 3.63) is 35.6 Å². The summed E-state index contributed by atoms with van der Waals surface area (Å²) in [7, 11) is 0. The largest absolute Gasteiger partial charge is 0.356 e. The molecule has 0 saturated carbocycles. The molecule has 1 unspecified atom stereocenters. The van der Waals surface area contributed by atoms with Crippen LogP contribution in [0.3, 0.4) is 0 Å². The van der Waals surface area contributed by atoms with Gasteiger partial charge in [-0.25, -0.2) is 4.39 Å². The first-order valence-corrected chi connectivity index (χ1v) is 5.34. The number of hydrogen-bond acceptors (Lipinski definition) is 2. The molecule has 1 amide bonds. The highest BCUT2D eigenvalue weighted by Gasteiger charge is 2.03. The van der Waals surface area contributed by atoms with E-state index >= 15 is 0 Å². The number of halogens is 2. The highest BCUT2D eigenvalue weighted by atomic mass is 35.5. The van der Waals surface area contributed by atoms with Crippen molar-refractivity contribution in [3.8, 4) is 0 Å². The van der Waals surface area contributed by atoms with E-state index in [1.807, 2.05) is 6.07 Å². The van der Waals surface area contributed by atoms with Gasteiger partial charge in [-0.15, -0.1) is 12.4 Å². The molecule has 0 aliphatic rings. The second-order valence-corrected chi connectivity index (χ2v) is 3.91. The quantitative estimate of drug-likeness (QED) is 0.846. The maximum absolute atomic E-state index is 12.8. The van der Waals surface area contributed by atoms with Gasteiger partial charge in [0.25, 0.3) is 0 Å². The fourth-order valence-electron chi connectivity index (χ4n) is 1.40. The number of benzene rings is 1. The Labute approximate surface area is 107 Å². The van der Waals surface area contributed by atoms with Gasteiger partial charge in [-0.2, -0.15) is 0 Å². The van der Waals surface area contributed by atoms with Crippen molar-refractivity contribution >= 4 is 18.3 Å². The molecule has 1 aromatic rings. The van der Waals surface area contributed by atoms with Crippen LogP contribution in [0.1, 0.15) is 18.9 Å². The molecule has 1 rings (SSSR count). The molecule has 0 aromatic heterocycles. The van der Waals surface area contributed by atoms with Crippen LogP contribution in [0.15, 0.2) is 24.3 Å². The van der Waals surface area contributed by atoms with Crippen LogP contribution >= 0.6 is 12.4 Å². The van der Waals surface area contributed by atoms with E-state index in [-0.39, 0.29) is 30.2 Å². The van der Waals surface area contributed by atoms with E-state index in [0.717, 1.165) is 5.56 Å². The second-order valence-electron chi connectivity index (χ2n) is 3.91. The van der Waals surface area contributed by atoms with Gasteiger partial charge in [0.1, 0.15) is 5.82 Å².